The van der Waals surface area contributed by atoms with E-state index in [0.29, 0.717) is 23.0 Å². The summed E-state index contributed by atoms with van der Waals surface area (Å²) in [4.78, 5) is 35.8. The van der Waals surface area contributed by atoms with Crippen molar-refractivity contribution in [1.29, 1.82) is 0 Å². The highest BCUT2D eigenvalue weighted by Gasteiger charge is 2.24. The second kappa shape index (κ2) is 14.3. The molecule has 0 bridgehead atoms. The first-order valence-corrected chi connectivity index (χ1v) is 16.1. The van der Waals surface area contributed by atoms with Gasteiger partial charge in [-0.2, -0.15) is 0 Å². The van der Waals surface area contributed by atoms with Crippen LogP contribution in [-0.4, -0.2) is 55.2 Å². The Balaban J connectivity index is 1.15. The molecule has 2 fully saturated rings. The van der Waals surface area contributed by atoms with Gasteiger partial charge in [0.05, 0.1) is 25.8 Å². The monoisotopic (exact) mass is 623 g/mol. The van der Waals surface area contributed by atoms with Crippen LogP contribution in [0.3, 0.4) is 0 Å². The maximum absolute atomic E-state index is 13.6. The predicted octanol–water partition coefficient (Wildman–Crippen LogP) is 6.66. The van der Waals surface area contributed by atoms with Crippen LogP contribution >= 0.6 is 0 Å². The molecule has 1 aliphatic carbocycles. The molecule has 240 valence electrons. The Labute approximate surface area is 269 Å². The van der Waals surface area contributed by atoms with Crippen molar-refractivity contribution in [2.75, 3.05) is 27.4 Å². The molecule has 0 unspecified atom stereocenters. The van der Waals surface area contributed by atoms with E-state index in [1.54, 1.807) is 32.8 Å². The van der Waals surface area contributed by atoms with Crippen LogP contribution < -0.4 is 19.6 Å². The Morgan fingerprint density at radius 1 is 0.957 bits per heavy atom. The molecule has 2 aromatic carbocycles. The molecule has 0 N–H and O–H groups in total. The smallest absolute Gasteiger partial charge is 0.282 e. The van der Waals surface area contributed by atoms with Gasteiger partial charge >= 0.3 is 0 Å². The highest BCUT2D eigenvalue weighted by atomic mass is 16.5. The van der Waals surface area contributed by atoms with Gasteiger partial charge in [0.1, 0.15) is 11.3 Å². The molecular weight excluding hydrogens is 582 g/mol. The molecule has 1 amide bonds. The quantitative estimate of drug-likeness (QED) is 0.192. The number of aliphatic imine (C=N–C) groups is 1. The van der Waals surface area contributed by atoms with Crippen molar-refractivity contribution in [3.63, 3.8) is 0 Å². The number of rotatable bonds is 9. The summed E-state index contributed by atoms with van der Waals surface area (Å²) in [5, 5.41) is 0.866. The number of amides is 1. The number of carbonyl (C=O) groups excluding carboxylic acids is 1. The molecule has 1 saturated carbocycles. The fourth-order valence-electron chi connectivity index (χ4n) is 6.38. The molecule has 46 heavy (non-hydrogen) atoms. The first-order valence-electron chi connectivity index (χ1n) is 16.1. The Kier molecular flexibility index (Phi) is 9.78. The second-order valence-corrected chi connectivity index (χ2v) is 12.3. The first kappa shape index (κ1) is 31.5. The topological polar surface area (TPSA) is 101 Å². The molecule has 0 atom stereocenters. The van der Waals surface area contributed by atoms with E-state index in [1.807, 2.05) is 60.2 Å². The van der Waals surface area contributed by atoms with Crippen LogP contribution in [0.4, 0.5) is 0 Å². The molecular formula is C37H41N3O6. The highest BCUT2D eigenvalue weighted by molar-refractivity contribution is 5.99. The molecule has 9 nitrogen and oxygen atoms in total. The molecule has 0 radical (unpaired) electrons. The Morgan fingerprint density at radius 2 is 1.67 bits per heavy atom. The highest BCUT2D eigenvalue weighted by Crippen LogP contribution is 2.37. The van der Waals surface area contributed by atoms with Gasteiger partial charge in [0, 0.05) is 61.6 Å². The third-order valence-corrected chi connectivity index (χ3v) is 9.10. The summed E-state index contributed by atoms with van der Waals surface area (Å²) in [5.41, 5.74) is 3.02. The SMILES string of the molecule is COc1cc2nccc(OC3CCC(/C=N/C(=O)c4cn(CC5CCOCC5)cc(-c5ccc(C)cc5)c4=O)CC3)c2cc1OC. The predicted molar refractivity (Wildman–Crippen MR) is 178 cm³/mol. The number of pyridine rings is 2. The van der Waals surface area contributed by atoms with E-state index in [0.717, 1.165) is 86.1 Å². The number of nitrogens with zero attached hydrogens (tertiary/aromatic N) is 3. The summed E-state index contributed by atoms with van der Waals surface area (Å²) < 4.78 is 24.9. The zero-order valence-electron chi connectivity index (χ0n) is 26.7. The van der Waals surface area contributed by atoms with E-state index in [9.17, 15) is 9.59 Å². The van der Waals surface area contributed by atoms with Gasteiger partial charge in [0.25, 0.3) is 5.91 Å². The van der Waals surface area contributed by atoms with Gasteiger partial charge < -0.3 is 23.5 Å². The molecule has 2 aromatic heterocycles. The Hall–Kier alpha value is -4.50. The van der Waals surface area contributed by atoms with Gasteiger partial charge in [-0.1, -0.05) is 29.8 Å². The molecule has 1 saturated heterocycles. The summed E-state index contributed by atoms with van der Waals surface area (Å²) in [7, 11) is 3.21. The van der Waals surface area contributed by atoms with Crippen molar-refractivity contribution in [1.82, 2.24) is 9.55 Å². The van der Waals surface area contributed by atoms with Crippen molar-refractivity contribution in [2.24, 2.45) is 16.8 Å². The third kappa shape index (κ3) is 7.15. The average molecular weight is 624 g/mol. The van der Waals surface area contributed by atoms with E-state index >= 15 is 0 Å². The number of hydrogen-bond acceptors (Lipinski definition) is 7. The van der Waals surface area contributed by atoms with E-state index in [1.165, 1.54) is 0 Å². The van der Waals surface area contributed by atoms with Crippen LogP contribution in [0.15, 0.2) is 70.8 Å². The first-order chi connectivity index (χ1) is 22.4. The Bertz CT molecular complexity index is 1770. The summed E-state index contributed by atoms with van der Waals surface area (Å²) in [6.45, 7) is 4.21. The number of carbonyl (C=O) groups is 1. The number of benzene rings is 2. The molecule has 3 heterocycles. The lowest BCUT2D eigenvalue weighted by molar-refractivity contribution is 0.0612. The lowest BCUT2D eigenvalue weighted by atomic mass is 9.88. The third-order valence-electron chi connectivity index (χ3n) is 9.10. The molecule has 2 aliphatic rings. The van der Waals surface area contributed by atoms with Gasteiger partial charge in [-0.3, -0.25) is 14.6 Å². The zero-order chi connectivity index (χ0) is 32.0. The lowest BCUT2D eigenvalue weighted by Gasteiger charge is -2.27. The lowest BCUT2D eigenvalue weighted by Crippen LogP contribution is -2.25. The Morgan fingerprint density at radius 3 is 2.39 bits per heavy atom. The maximum Gasteiger partial charge on any atom is 0.282 e. The van der Waals surface area contributed by atoms with Crippen LogP contribution in [0.25, 0.3) is 22.0 Å². The molecule has 6 rings (SSSR count). The fraction of sp³-hybridized carbons (Fsp3) is 0.405. The average Bonchev–Trinajstić information content (AvgIpc) is 3.09. The minimum atomic E-state index is -0.495. The zero-order valence-corrected chi connectivity index (χ0v) is 26.7. The van der Waals surface area contributed by atoms with E-state index in [4.69, 9.17) is 18.9 Å². The van der Waals surface area contributed by atoms with Crippen molar-refractivity contribution in [3.8, 4) is 28.4 Å². The number of aromatic nitrogens is 2. The van der Waals surface area contributed by atoms with Gasteiger partial charge in [0.2, 0.25) is 5.43 Å². The summed E-state index contributed by atoms with van der Waals surface area (Å²) in [5.74, 6) is 2.06. The minimum Gasteiger partial charge on any atom is -0.493 e. The van der Waals surface area contributed by atoms with Crippen LogP contribution in [0.2, 0.25) is 0 Å². The van der Waals surface area contributed by atoms with Crippen LogP contribution in [0.1, 0.15) is 54.4 Å². The standard InChI is InChI=1S/C37H41N3O6/c1-24-4-8-27(9-5-24)30-22-40(21-26-13-16-45-17-14-26)23-31(36(30)41)37(42)39-20-25-6-10-28(11-7-25)46-33-12-15-38-32-19-35(44-3)34(43-2)18-29(32)33/h4-5,8-9,12,15,18-20,22-23,25-26,28H,6-7,10-11,13-14,16-17,21H2,1-3H3/b39-20+. The largest absolute Gasteiger partial charge is 0.493 e. The van der Waals surface area contributed by atoms with E-state index in [-0.39, 0.29) is 23.0 Å². The molecule has 9 heteroatoms. The number of ether oxygens (including phenoxy) is 4. The van der Waals surface area contributed by atoms with Crippen LogP contribution in [0.5, 0.6) is 17.2 Å². The maximum atomic E-state index is 13.6. The van der Waals surface area contributed by atoms with Crippen molar-refractivity contribution >= 4 is 23.0 Å². The normalized spacial score (nSPS) is 18.9. The van der Waals surface area contributed by atoms with Crippen molar-refractivity contribution in [2.45, 2.75) is 58.1 Å². The van der Waals surface area contributed by atoms with Gasteiger partial charge in [-0.05, 0) is 75.0 Å². The molecule has 0 spiro atoms. The van der Waals surface area contributed by atoms with Crippen molar-refractivity contribution < 1.29 is 23.7 Å². The van der Waals surface area contributed by atoms with E-state index in [2.05, 4.69) is 9.98 Å². The van der Waals surface area contributed by atoms with Gasteiger partial charge in [-0.25, -0.2) is 4.99 Å². The number of aryl methyl sites for hydroxylation is 1. The summed E-state index contributed by atoms with van der Waals surface area (Å²) in [6, 6.07) is 13.5. The molecule has 4 aromatic rings. The number of methoxy groups -OCH3 is 2. The van der Waals surface area contributed by atoms with Gasteiger partial charge in [-0.15, -0.1) is 0 Å². The minimum absolute atomic E-state index is 0.0302. The summed E-state index contributed by atoms with van der Waals surface area (Å²) >= 11 is 0. The summed E-state index contributed by atoms with van der Waals surface area (Å²) in [6.07, 6.45) is 12.3. The van der Waals surface area contributed by atoms with Crippen molar-refractivity contribution in [3.05, 3.63) is 82.4 Å². The fourth-order valence-corrected chi connectivity index (χ4v) is 6.38. The van der Waals surface area contributed by atoms with Crippen LogP contribution in [-0.2, 0) is 11.3 Å². The number of fused-ring (bicyclic) bond motifs is 1. The number of hydrogen-bond donors (Lipinski definition) is 0. The second-order valence-electron chi connectivity index (χ2n) is 12.3. The van der Waals surface area contributed by atoms with E-state index < -0.39 is 5.91 Å². The van der Waals surface area contributed by atoms with Crippen LogP contribution in [0, 0.1) is 18.8 Å². The molecule has 1 aliphatic heterocycles. The van der Waals surface area contributed by atoms with Gasteiger partial charge in [0.15, 0.2) is 11.5 Å².